The second kappa shape index (κ2) is 8.23. The van der Waals surface area contributed by atoms with Gasteiger partial charge in [-0.25, -0.2) is 9.37 Å². The molecule has 0 aliphatic heterocycles. The van der Waals surface area contributed by atoms with Gasteiger partial charge in [-0.2, -0.15) is 0 Å². The third-order valence-electron chi connectivity index (χ3n) is 4.47. The summed E-state index contributed by atoms with van der Waals surface area (Å²) in [7, 11) is 0. The number of aryl methyl sites for hydroxylation is 2. The van der Waals surface area contributed by atoms with Gasteiger partial charge in [0, 0.05) is 17.7 Å². The van der Waals surface area contributed by atoms with Crippen LogP contribution in [0, 0.1) is 19.7 Å². The maximum Gasteiger partial charge on any atom is 0.287 e. The highest BCUT2D eigenvalue weighted by molar-refractivity contribution is 6.31. The SMILES string of the molecule is Cc1ccc(NC(=O)c2ccc(F)c(Cl)c2)c(OCc2cc(=O)n3oc(C)cc3n2)c1. The lowest BCUT2D eigenvalue weighted by Gasteiger charge is -2.13. The fourth-order valence-electron chi connectivity index (χ4n) is 2.98. The van der Waals surface area contributed by atoms with Gasteiger partial charge in [0.2, 0.25) is 0 Å². The highest BCUT2D eigenvalue weighted by Crippen LogP contribution is 2.27. The molecule has 1 N–H and O–H groups in total. The molecule has 0 aliphatic carbocycles. The molecule has 0 bridgehead atoms. The molecular formula is C22H17ClFN3O4. The molecule has 0 fully saturated rings. The van der Waals surface area contributed by atoms with E-state index >= 15 is 0 Å². The number of nitrogens with one attached hydrogen (secondary N) is 1. The Labute approximate surface area is 181 Å². The van der Waals surface area contributed by atoms with E-state index in [9.17, 15) is 14.0 Å². The molecule has 4 rings (SSSR count). The van der Waals surface area contributed by atoms with Crippen LogP contribution in [0.4, 0.5) is 10.1 Å². The van der Waals surface area contributed by atoms with Crippen LogP contribution in [-0.4, -0.2) is 15.5 Å². The van der Waals surface area contributed by atoms with Gasteiger partial charge in [0.15, 0.2) is 5.65 Å². The van der Waals surface area contributed by atoms with Crippen LogP contribution >= 0.6 is 11.6 Å². The zero-order chi connectivity index (χ0) is 22.1. The average molecular weight is 442 g/mol. The Hall–Kier alpha value is -3.65. The molecule has 158 valence electrons. The first-order chi connectivity index (χ1) is 14.8. The van der Waals surface area contributed by atoms with Gasteiger partial charge in [0.1, 0.15) is 23.9 Å². The van der Waals surface area contributed by atoms with Gasteiger partial charge in [-0.3, -0.25) is 9.59 Å². The van der Waals surface area contributed by atoms with Crippen molar-refractivity contribution in [3.05, 3.63) is 92.3 Å². The summed E-state index contributed by atoms with van der Waals surface area (Å²) >= 11 is 5.77. The topological polar surface area (TPSA) is 85.8 Å². The lowest BCUT2D eigenvalue weighted by molar-refractivity contribution is 0.102. The van der Waals surface area contributed by atoms with E-state index in [1.54, 1.807) is 25.1 Å². The van der Waals surface area contributed by atoms with Crippen LogP contribution in [0.1, 0.15) is 27.4 Å². The van der Waals surface area contributed by atoms with Crippen LogP contribution in [-0.2, 0) is 6.61 Å². The van der Waals surface area contributed by atoms with Crippen molar-refractivity contribution in [2.75, 3.05) is 5.32 Å². The highest BCUT2D eigenvalue weighted by Gasteiger charge is 2.13. The molecule has 31 heavy (non-hydrogen) atoms. The van der Waals surface area contributed by atoms with E-state index in [4.69, 9.17) is 20.9 Å². The Morgan fingerprint density at radius 1 is 1.19 bits per heavy atom. The predicted molar refractivity (Wildman–Crippen MR) is 113 cm³/mol. The number of benzene rings is 2. The van der Waals surface area contributed by atoms with Crippen molar-refractivity contribution < 1.29 is 18.4 Å². The normalized spacial score (nSPS) is 11.0. The van der Waals surface area contributed by atoms with Gasteiger partial charge >= 0.3 is 0 Å². The third-order valence-corrected chi connectivity index (χ3v) is 4.76. The Bertz CT molecular complexity index is 1360. The number of carbonyl (C=O) groups excluding carboxylic acids is 1. The lowest BCUT2D eigenvalue weighted by Crippen LogP contribution is -2.15. The number of amides is 1. The lowest BCUT2D eigenvalue weighted by atomic mass is 10.1. The monoisotopic (exact) mass is 441 g/mol. The van der Waals surface area contributed by atoms with Crippen LogP contribution in [0.5, 0.6) is 5.75 Å². The molecule has 0 radical (unpaired) electrons. The number of hydrogen-bond acceptors (Lipinski definition) is 5. The summed E-state index contributed by atoms with van der Waals surface area (Å²) in [4.78, 5) is 29.1. The second-order valence-electron chi connectivity index (χ2n) is 6.96. The van der Waals surface area contributed by atoms with Crippen molar-refractivity contribution in [3.8, 4) is 5.75 Å². The zero-order valence-electron chi connectivity index (χ0n) is 16.6. The number of halogens is 2. The smallest absolute Gasteiger partial charge is 0.287 e. The molecule has 4 aromatic rings. The van der Waals surface area contributed by atoms with Crippen molar-refractivity contribution in [1.29, 1.82) is 0 Å². The van der Waals surface area contributed by atoms with Gasteiger partial charge < -0.3 is 14.6 Å². The summed E-state index contributed by atoms with van der Waals surface area (Å²) in [6.45, 7) is 3.61. The molecule has 9 heteroatoms. The van der Waals surface area contributed by atoms with Gasteiger partial charge in [-0.1, -0.05) is 17.7 Å². The molecule has 7 nitrogen and oxygen atoms in total. The first-order valence-corrected chi connectivity index (χ1v) is 9.67. The summed E-state index contributed by atoms with van der Waals surface area (Å²) in [5.41, 5.74) is 1.96. The molecule has 0 unspecified atom stereocenters. The molecule has 1 amide bonds. The summed E-state index contributed by atoms with van der Waals surface area (Å²) < 4.78 is 25.6. The fraction of sp³-hybridized carbons (Fsp3) is 0.136. The minimum absolute atomic E-state index is 0.00463. The third kappa shape index (κ3) is 4.44. The van der Waals surface area contributed by atoms with E-state index < -0.39 is 11.7 Å². The Morgan fingerprint density at radius 3 is 2.77 bits per heavy atom. The van der Waals surface area contributed by atoms with Crippen LogP contribution in [0.15, 0.2) is 57.8 Å². The number of hydrogen-bond donors (Lipinski definition) is 1. The van der Waals surface area contributed by atoms with E-state index in [0.29, 0.717) is 28.5 Å². The van der Waals surface area contributed by atoms with Crippen LogP contribution in [0.3, 0.4) is 0 Å². The van der Waals surface area contributed by atoms with E-state index in [1.807, 2.05) is 13.0 Å². The van der Waals surface area contributed by atoms with E-state index in [0.717, 1.165) is 16.2 Å². The standard InChI is InChI=1S/C22H17ClFN3O4/c1-12-3-6-18(26-22(29)14-4-5-17(24)16(23)9-14)19(7-12)30-11-15-10-21(28)27-20(25-15)8-13(2)31-27/h3-10H,11H2,1-2H3,(H,26,29). The zero-order valence-corrected chi connectivity index (χ0v) is 17.4. The number of nitrogens with zero attached hydrogens (tertiary/aromatic N) is 2. The minimum Gasteiger partial charge on any atom is -0.485 e. The number of carbonyl (C=O) groups is 1. The van der Waals surface area contributed by atoms with Crippen molar-refractivity contribution in [2.45, 2.75) is 20.5 Å². The second-order valence-corrected chi connectivity index (χ2v) is 7.36. The average Bonchev–Trinajstić information content (AvgIpc) is 3.11. The largest absolute Gasteiger partial charge is 0.485 e. The van der Waals surface area contributed by atoms with E-state index in [2.05, 4.69) is 10.3 Å². The maximum absolute atomic E-state index is 13.4. The van der Waals surface area contributed by atoms with Crippen molar-refractivity contribution in [2.24, 2.45) is 0 Å². The predicted octanol–water partition coefficient (Wildman–Crippen LogP) is 4.53. The molecule has 0 spiro atoms. The minimum atomic E-state index is -0.606. The van der Waals surface area contributed by atoms with Crippen LogP contribution < -0.4 is 15.6 Å². The van der Waals surface area contributed by atoms with Crippen molar-refractivity contribution >= 4 is 28.8 Å². The molecule has 2 aromatic carbocycles. The van der Waals surface area contributed by atoms with Crippen molar-refractivity contribution in [3.63, 3.8) is 0 Å². The molecule has 0 saturated carbocycles. The van der Waals surface area contributed by atoms with E-state index in [-0.39, 0.29) is 22.8 Å². The fourth-order valence-corrected chi connectivity index (χ4v) is 3.16. The summed E-state index contributed by atoms with van der Waals surface area (Å²) in [5, 5.41) is 2.59. The maximum atomic E-state index is 13.4. The van der Waals surface area contributed by atoms with Gasteiger partial charge in [-0.15, -0.1) is 4.57 Å². The summed E-state index contributed by atoms with van der Waals surface area (Å²) in [5.74, 6) is -0.118. The number of rotatable bonds is 5. The van der Waals surface area contributed by atoms with E-state index in [1.165, 1.54) is 18.2 Å². The highest BCUT2D eigenvalue weighted by atomic mass is 35.5. The van der Waals surface area contributed by atoms with Crippen LogP contribution in [0.25, 0.3) is 5.65 Å². The van der Waals surface area contributed by atoms with Crippen molar-refractivity contribution in [1.82, 2.24) is 9.56 Å². The quantitative estimate of drug-likeness (QED) is 0.492. The molecule has 0 atom stereocenters. The number of aromatic nitrogens is 2. The summed E-state index contributed by atoms with van der Waals surface area (Å²) in [6, 6.07) is 11.9. The van der Waals surface area contributed by atoms with Crippen LogP contribution in [0.2, 0.25) is 5.02 Å². The van der Waals surface area contributed by atoms with Gasteiger partial charge in [0.25, 0.3) is 11.5 Å². The first-order valence-electron chi connectivity index (χ1n) is 9.29. The molecule has 0 aliphatic rings. The van der Waals surface area contributed by atoms with Gasteiger partial charge in [-0.05, 0) is 49.7 Å². The number of ether oxygens (including phenoxy) is 1. The Kier molecular flexibility index (Phi) is 5.48. The first kappa shape index (κ1) is 20.6. The van der Waals surface area contributed by atoms with Gasteiger partial charge in [0.05, 0.1) is 16.4 Å². The summed E-state index contributed by atoms with van der Waals surface area (Å²) in [6.07, 6.45) is 0. The molecule has 2 aromatic heterocycles. The molecular weight excluding hydrogens is 425 g/mol. The number of fused-ring (bicyclic) bond motifs is 1. The Morgan fingerprint density at radius 2 is 2.00 bits per heavy atom. The molecule has 0 saturated heterocycles. The molecule has 2 heterocycles. The Balaban J connectivity index is 1.56. The number of anilines is 1.